The summed E-state index contributed by atoms with van der Waals surface area (Å²) in [5.74, 6) is 1.55. The Kier molecular flexibility index (Phi) is 8.31. The Bertz CT molecular complexity index is 1470. The number of hydrogen-bond acceptors (Lipinski definition) is 7. The first-order valence-corrected chi connectivity index (χ1v) is 17.7. The average molecular weight is 692 g/mol. The SMILES string of the molecule is CC(C)(C)S(C)(C)COC[C@@]1(C)CNc2c(C#N)cc(-c3ccnc(Nc4cn(CC(F)I)nc4C4CC4)n3)cc21. The highest BCUT2D eigenvalue weighted by molar-refractivity contribution is 14.1. The van der Waals surface area contributed by atoms with Gasteiger partial charge in [-0.1, -0.05) is 27.7 Å². The molecule has 3 heterocycles. The number of ether oxygens (including phenoxy) is 1. The zero-order chi connectivity index (χ0) is 29.6. The summed E-state index contributed by atoms with van der Waals surface area (Å²) in [7, 11) is -0.941. The van der Waals surface area contributed by atoms with Crippen molar-refractivity contribution in [2.24, 2.45) is 0 Å². The zero-order valence-corrected chi connectivity index (χ0v) is 27.6. The van der Waals surface area contributed by atoms with E-state index in [4.69, 9.17) is 9.72 Å². The van der Waals surface area contributed by atoms with Crippen LogP contribution < -0.4 is 10.6 Å². The van der Waals surface area contributed by atoms with Crippen LogP contribution in [0.1, 0.15) is 63.3 Å². The molecule has 220 valence electrons. The maximum atomic E-state index is 13.6. The Hall–Kier alpha value is -2.43. The van der Waals surface area contributed by atoms with E-state index in [0.717, 1.165) is 47.0 Å². The van der Waals surface area contributed by atoms with E-state index in [2.05, 4.69) is 73.1 Å². The third-order valence-electron chi connectivity index (χ3n) is 8.30. The van der Waals surface area contributed by atoms with Gasteiger partial charge in [0.25, 0.3) is 0 Å². The molecule has 1 saturated carbocycles. The summed E-state index contributed by atoms with van der Waals surface area (Å²) in [6.07, 6.45) is 10.3. The fourth-order valence-electron chi connectivity index (χ4n) is 4.83. The average Bonchev–Trinajstić information content (AvgIpc) is 3.59. The van der Waals surface area contributed by atoms with Crippen molar-refractivity contribution in [3.8, 4) is 17.3 Å². The van der Waals surface area contributed by atoms with E-state index in [0.29, 0.717) is 36.3 Å². The molecule has 2 atom stereocenters. The first-order valence-electron chi connectivity index (χ1n) is 13.9. The zero-order valence-electron chi connectivity index (χ0n) is 24.6. The number of benzene rings is 1. The molecule has 41 heavy (non-hydrogen) atoms. The second-order valence-corrected chi connectivity index (χ2v) is 18.7. The van der Waals surface area contributed by atoms with Crippen LogP contribution >= 0.6 is 32.6 Å². The Morgan fingerprint density at radius 3 is 2.76 bits per heavy atom. The molecule has 11 heteroatoms. The van der Waals surface area contributed by atoms with Gasteiger partial charge in [0.1, 0.15) is 6.07 Å². The topological polar surface area (TPSA) is 101 Å². The van der Waals surface area contributed by atoms with Gasteiger partial charge in [0.2, 0.25) is 5.95 Å². The van der Waals surface area contributed by atoms with Gasteiger partial charge in [-0.25, -0.2) is 24.4 Å². The third-order valence-corrected chi connectivity index (χ3v) is 12.8. The molecule has 1 aliphatic heterocycles. The number of nitriles is 1. The molecule has 1 fully saturated rings. The lowest BCUT2D eigenvalue weighted by Crippen LogP contribution is -2.33. The number of anilines is 3. The molecule has 2 N–H and O–H groups in total. The molecule has 0 spiro atoms. The van der Waals surface area contributed by atoms with E-state index in [1.165, 1.54) is 0 Å². The van der Waals surface area contributed by atoms with Crippen molar-refractivity contribution in [2.45, 2.75) is 67.3 Å². The van der Waals surface area contributed by atoms with E-state index in [9.17, 15) is 9.65 Å². The van der Waals surface area contributed by atoms with E-state index in [-0.39, 0.29) is 16.7 Å². The standard InChI is InChI=1S/C30H39FIN7OS/c1-29(2,3)41(5,6)18-40-17-30(4)16-35-26-21(13-33)11-20(12-22(26)30)23-9-10-34-28(36-23)37-24-14-39(15-25(31)32)38-27(24)19-7-8-19/h9-12,14,19,25,35H,7-8,15-18H2,1-6H3,(H,34,36,37)/t25?,30-/m1/s1. The fraction of sp³-hybridized carbons (Fsp3) is 0.533. The normalized spacial score (nSPS) is 19.8. The quantitative estimate of drug-likeness (QED) is 0.173. The molecule has 0 radical (unpaired) electrons. The van der Waals surface area contributed by atoms with Gasteiger partial charge in [-0.3, -0.25) is 4.68 Å². The first-order chi connectivity index (χ1) is 19.3. The fourth-order valence-corrected chi connectivity index (χ4v) is 6.09. The van der Waals surface area contributed by atoms with Crippen LogP contribution in [0.15, 0.2) is 30.6 Å². The first kappa shape index (κ1) is 30.0. The van der Waals surface area contributed by atoms with E-state index < -0.39 is 14.2 Å². The van der Waals surface area contributed by atoms with Gasteiger partial charge in [0, 0.05) is 35.8 Å². The molecular weight excluding hydrogens is 652 g/mol. The van der Waals surface area contributed by atoms with Gasteiger partial charge in [0.05, 0.1) is 47.4 Å². The van der Waals surface area contributed by atoms with E-state index in [1.54, 1.807) is 33.5 Å². The highest BCUT2D eigenvalue weighted by atomic mass is 127. The minimum atomic E-state index is -1.02. The molecule has 1 aliphatic carbocycles. The molecule has 8 nitrogen and oxygen atoms in total. The number of alkyl halides is 2. The maximum absolute atomic E-state index is 13.6. The molecule has 5 rings (SSSR count). The summed E-state index contributed by atoms with van der Waals surface area (Å²) in [6.45, 7) is 10.5. The Morgan fingerprint density at radius 2 is 2.10 bits per heavy atom. The van der Waals surface area contributed by atoms with Crippen molar-refractivity contribution >= 4 is 49.9 Å². The predicted octanol–water partition coefficient (Wildman–Crippen LogP) is 7.08. The van der Waals surface area contributed by atoms with Gasteiger partial charge in [-0.05, 0) is 76.5 Å². The molecule has 2 aliphatic rings. The summed E-state index contributed by atoms with van der Waals surface area (Å²) < 4.78 is 20.9. The monoisotopic (exact) mass is 691 g/mol. The van der Waals surface area contributed by atoms with Gasteiger partial charge >= 0.3 is 0 Å². The Labute approximate surface area is 257 Å². The van der Waals surface area contributed by atoms with Gasteiger partial charge in [-0.2, -0.15) is 10.4 Å². The summed E-state index contributed by atoms with van der Waals surface area (Å²) in [5, 5.41) is 21.4. The van der Waals surface area contributed by atoms with E-state index >= 15 is 0 Å². The van der Waals surface area contributed by atoms with Crippen LogP contribution in [-0.4, -0.2) is 60.3 Å². The lowest BCUT2D eigenvalue weighted by Gasteiger charge is -2.44. The second-order valence-electron chi connectivity index (χ2n) is 12.8. The summed E-state index contributed by atoms with van der Waals surface area (Å²) in [5.41, 5.74) is 5.56. The molecule has 0 saturated heterocycles. The largest absolute Gasteiger partial charge is 0.383 e. The Balaban J connectivity index is 1.41. The predicted molar refractivity (Wildman–Crippen MR) is 174 cm³/mol. The van der Waals surface area contributed by atoms with Crippen LogP contribution in [0.5, 0.6) is 0 Å². The third kappa shape index (κ3) is 6.49. The van der Waals surface area contributed by atoms with Crippen LogP contribution in [-0.2, 0) is 16.7 Å². The van der Waals surface area contributed by atoms with Crippen LogP contribution in [0.25, 0.3) is 11.3 Å². The maximum Gasteiger partial charge on any atom is 0.227 e. The molecule has 0 amide bonds. The highest BCUT2D eigenvalue weighted by Crippen LogP contribution is 2.53. The summed E-state index contributed by atoms with van der Waals surface area (Å²) in [4.78, 5) is 9.26. The Morgan fingerprint density at radius 1 is 1.34 bits per heavy atom. The highest BCUT2D eigenvalue weighted by Gasteiger charge is 2.38. The summed E-state index contributed by atoms with van der Waals surface area (Å²) in [6, 6.07) is 8.24. The van der Waals surface area contributed by atoms with Gasteiger partial charge < -0.3 is 15.4 Å². The number of hydrogen-bond donors (Lipinski definition) is 2. The second kappa shape index (κ2) is 11.3. The number of rotatable bonds is 10. The number of nitrogens with one attached hydrogen (secondary N) is 2. The summed E-state index contributed by atoms with van der Waals surface area (Å²) >= 11 is 1.76. The van der Waals surface area contributed by atoms with E-state index in [1.807, 2.05) is 18.3 Å². The smallest absolute Gasteiger partial charge is 0.227 e. The van der Waals surface area contributed by atoms with Crippen molar-refractivity contribution in [1.29, 1.82) is 5.26 Å². The minimum absolute atomic E-state index is 0.195. The number of aromatic nitrogens is 4. The molecular formula is C30H39FIN7OS. The molecule has 1 aromatic carbocycles. The van der Waals surface area contributed by atoms with Crippen LogP contribution in [0.3, 0.4) is 0 Å². The molecule has 2 aromatic heterocycles. The van der Waals surface area contributed by atoms with Gasteiger partial charge in [0.15, 0.2) is 4.18 Å². The van der Waals surface area contributed by atoms with Crippen LogP contribution in [0.2, 0.25) is 0 Å². The number of halogens is 2. The number of fused-ring (bicyclic) bond motifs is 1. The lowest BCUT2D eigenvalue weighted by molar-refractivity contribution is 0.132. The molecule has 1 unspecified atom stereocenters. The molecule has 0 bridgehead atoms. The number of nitrogens with zero attached hydrogens (tertiary/aromatic N) is 5. The van der Waals surface area contributed by atoms with Gasteiger partial charge in [-0.15, -0.1) is 0 Å². The molecule has 3 aromatic rings. The van der Waals surface area contributed by atoms with Crippen molar-refractivity contribution in [3.05, 3.63) is 47.4 Å². The van der Waals surface area contributed by atoms with Crippen molar-refractivity contribution in [1.82, 2.24) is 19.7 Å². The van der Waals surface area contributed by atoms with Crippen molar-refractivity contribution in [2.75, 3.05) is 42.2 Å². The minimum Gasteiger partial charge on any atom is -0.383 e. The van der Waals surface area contributed by atoms with Crippen LogP contribution in [0.4, 0.5) is 21.7 Å². The van der Waals surface area contributed by atoms with Crippen LogP contribution in [0, 0.1) is 11.3 Å². The lowest BCUT2D eigenvalue weighted by atomic mass is 9.83. The van der Waals surface area contributed by atoms with Crippen molar-refractivity contribution in [3.63, 3.8) is 0 Å². The van der Waals surface area contributed by atoms with Crippen molar-refractivity contribution < 1.29 is 9.13 Å².